The molecule has 0 unspecified atom stereocenters. The molecular formula is C14H18O2. The molecule has 0 N–H and O–H groups in total. The van der Waals surface area contributed by atoms with Crippen LogP contribution in [0.15, 0.2) is 30.3 Å². The Kier molecular flexibility index (Phi) is 3.99. The Labute approximate surface area is 96.7 Å². The number of Topliss-reactive ketones (excluding diaryl/α,β-unsaturated/α-hetero) is 2. The first-order valence-corrected chi connectivity index (χ1v) is 5.59. The highest BCUT2D eigenvalue weighted by Gasteiger charge is 2.27. The zero-order valence-corrected chi connectivity index (χ0v) is 10.1. The fourth-order valence-electron chi connectivity index (χ4n) is 1.31. The largest absolute Gasteiger partial charge is 0.299 e. The molecule has 0 spiro atoms. The summed E-state index contributed by atoms with van der Waals surface area (Å²) in [6.45, 7) is 5.73. The van der Waals surface area contributed by atoms with Gasteiger partial charge < -0.3 is 0 Å². The average molecular weight is 218 g/mol. The van der Waals surface area contributed by atoms with Gasteiger partial charge in [-0.25, -0.2) is 0 Å². The molecule has 0 radical (unpaired) electrons. The van der Waals surface area contributed by atoms with Gasteiger partial charge in [-0.1, -0.05) is 51.1 Å². The van der Waals surface area contributed by atoms with Crippen LogP contribution in [0, 0.1) is 5.41 Å². The molecule has 86 valence electrons. The second kappa shape index (κ2) is 5.06. The van der Waals surface area contributed by atoms with Crippen molar-refractivity contribution in [3.63, 3.8) is 0 Å². The molecule has 1 aromatic carbocycles. The summed E-state index contributed by atoms with van der Waals surface area (Å²) in [6, 6.07) is 8.96. The maximum atomic E-state index is 11.9. The maximum Gasteiger partial charge on any atom is 0.170 e. The molecular weight excluding hydrogens is 200 g/mol. The minimum absolute atomic E-state index is 0.00481. The fourth-order valence-corrected chi connectivity index (χ4v) is 1.31. The molecule has 0 saturated carbocycles. The second-order valence-electron chi connectivity index (χ2n) is 4.63. The van der Waals surface area contributed by atoms with Crippen molar-refractivity contribution >= 4 is 11.6 Å². The second-order valence-corrected chi connectivity index (χ2v) is 4.63. The van der Waals surface area contributed by atoms with E-state index in [2.05, 4.69) is 0 Å². The average Bonchev–Trinajstić information content (AvgIpc) is 2.30. The van der Waals surface area contributed by atoms with Crippen LogP contribution in [-0.4, -0.2) is 11.6 Å². The number of ketones is 2. The molecule has 0 heterocycles. The minimum Gasteiger partial charge on any atom is -0.299 e. The van der Waals surface area contributed by atoms with Gasteiger partial charge in [0.05, 0.1) is 6.42 Å². The van der Waals surface area contributed by atoms with E-state index in [-0.39, 0.29) is 18.0 Å². The molecule has 0 aliphatic rings. The van der Waals surface area contributed by atoms with Gasteiger partial charge in [0.1, 0.15) is 5.78 Å². The van der Waals surface area contributed by atoms with E-state index in [1.165, 1.54) is 0 Å². The van der Waals surface area contributed by atoms with Gasteiger partial charge in [-0.05, 0) is 6.42 Å². The van der Waals surface area contributed by atoms with Gasteiger partial charge in [0, 0.05) is 11.0 Å². The molecule has 16 heavy (non-hydrogen) atoms. The number of carbonyl (C=O) groups is 2. The highest BCUT2D eigenvalue weighted by Crippen LogP contribution is 2.23. The highest BCUT2D eigenvalue weighted by atomic mass is 16.1. The Bertz CT molecular complexity index is 377. The smallest absolute Gasteiger partial charge is 0.170 e. The van der Waals surface area contributed by atoms with Crippen molar-refractivity contribution in [2.45, 2.75) is 33.6 Å². The van der Waals surface area contributed by atoms with Crippen molar-refractivity contribution in [3.8, 4) is 0 Å². The van der Waals surface area contributed by atoms with Crippen molar-refractivity contribution in [1.82, 2.24) is 0 Å². The summed E-state index contributed by atoms with van der Waals surface area (Å²) in [7, 11) is 0. The molecule has 1 rings (SSSR count). The van der Waals surface area contributed by atoms with Crippen molar-refractivity contribution in [3.05, 3.63) is 35.9 Å². The predicted molar refractivity (Wildman–Crippen MR) is 64.5 cm³/mol. The molecule has 0 atom stereocenters. The number of hydrogen-bond donors (Lipinski definition) is 0. The Hall–Kier alpha value is -1.44. The molecule has 1 aromatic rings. The molecule has 0 aromatic heterocycles. The van der Waals surface area contributed by atoms with Crippen LogP contribution in [0.4, 0.5) is 0 Å². The lowest BCUT2D eigenvalue weighted by molar-refractivity contribution is -0.126. The zero-order chi connectivity index (χ0) is 12.2. The Morgan fingerprint density at radius 3 is 2.19 bits per heavy atom. The first-order chi connectivity index (χ1) is 7.47. The van der Waals surface area contributed by atoms with Crippen LogP contribution < -0.4 is 0 Å². The summed E-state index contributed by atoms with van der Waals surface area (Å²) >= 11 is 0. The standard InChI is InChI=1S/C14H18O2/c1-4-14(2,3)13(16)10-12(15)11-8-6-5-7-9-11/h5-9H,4,10H2,1-3H3. The topological polar surface area (TPSA) is 34.1 Å². The zero-order valence-electron chi connectivity index (χ0n) is 10.1. The number of hydrogen-bond acceptors (Lipinski definition) is 2. The van der Waals surface area contributed by atoms with Crippen molar-refractivity contribution in [1.29, 1.82) is 0 Å². The van der Waals surface area contributed by atoms with Gasteiger partial charge in [-0.15, -0.1) is 0 Å². The van der Waals surface area contributed by atoms with Crippen LogP contribution in [0.5, 0.6) is 0 Å². The van der Waals surface area contributed by atoms with E-state index >= 15 is 0 Å². The monoisotopic (exact) mass is 218 g/mol. The van der Waals surface area contributed by atoms with Crippen LogP contribution in [0.25, 0.3) is 0 Å². The summed E-state index contributed by atoms with van der Waals surface area (Å²) in [5, 5.41) is 0. The molecule has 0 aliphatic heterocycles. The van der Waals surface area contributed by atoms with Crippen LogP contribution in [0.3, 0.4) is 0 Å². The van der Waals surface area contributed by atoms with Crippen molar-refractivity contribution in [2.24, 2.45) is 5.41 Å². The molecule has 0 bridgehead atoms. The molecule has 0 amide bonds. The molecule has 0 saturated heterocycles. The van der Waals surface area contributed by atoms with Crippen LogP contribution in [0.2, 0.25) is 0 Å². The number of benzene rings is 1. The summed E-state index contributed by atoms with van der Waals surface area (Å²) in [6.07, 6.45) is 0.763. The van der Waals surface area contributed by atoms with Crippen LogP contribution >= 0.6 is 0 Å². The lowest BCUT2D eigenvalue weighted by Crippen LogP contribution is -2.25. The van der Waals surface area contributed by atoms with E-state index in [9.17, 15) is 9.59 Å². The molecule has 2 nitrogen and oxygen atoms in total. The SMILES string of the molecule is CCC(C)(C)C(=O)CC(=O)c1ccccc1. The Morgan fingerprint density at radius 2 is 1.69 bits per heavy atom. The summed E-state index contributed by atoms with van der Waals surface area (Å²) < 4.78 is 0. The lowest BCUT2D eigenvalue weighted by Gasteiger charge is -2.20. The summed E-state index contributed by atoms with van der Waals surface area (Å²) in [5.74, 6) is -0.0732. The lowest BCUT2D eigenvalue weighted by atomic mass is 9.82. The number of rotatable bonds is 5. The third kappa shape index (κ3) is 3.02. The quantitative estimate of drug-likeness (QED) is 0.561. The minimum atomic E-state index is -0.398. The summed E-state index contributed by atoms with van der Waals surface area (Å²) in [5.41, 5.74) is 0.215. The van der Waals surface area contributed by atoms with E-state index in [4.69, 9.17) is 0 Å². The normalized spacial score (nSPS) is 11.2. The van der Waals surface area contributed by atoms with Gasteiger partial charge in [-0.3, -0.25) is 9.59 Å². The Balaban J connectivity index is 2.70. The van der Waals surface area contributed by atoms with Gasteiger partial charge in [0.25, 0.3) is 0 Å². The summed E-state index contributed by atoms with van der Waals surface area (Å²) in [4.78, 5) is 23.7. The van der Waals surface area contributed by atoms with Crippen LogP contribution in [0.1, 0.15) is 44.0 Å². The van der Waals surface area contributed by atoms with Gasteiger partial charge in [0.2, 0.25) is 0 Å². The third-order valence-corrected chi connectivity index (χ3v) is 3.06. The van der Waals surface area contributed by atoms with Gasteiger partial charge in [0.15, 0.2) is 5.78 Å². The van der Waals surface area contributed by atoms with E-state index in [0.29, 0.717) is 5.56 Å². The highest BCUT2D eigenvalue weighted by molar-refractivity contribution is 6.09. The number of carbonyl (C=O) groups excluding carboxylic acids is 2. The van der Waals surface area contributed by atoms with Crippen molar-refractivity contribution < 1.29 is 9.59 Å². The van der Waals surface area contributed by atoms with Crippen molar-refractivity contribution in [2.75, 3.05) is 0 Å². The van der Waals surface area contributed by atoms with Gasteiger partial charge >= 0.3 is 0 Å². The fraction of sp³-hybridized carbons (Fsp3) is 0.429. The van der Waals surface area contributed by atoms with E-state index in [1.54, 1.807) is 12.1 Å². The van der Waals surface area contributed by atoms with E-state index < -0.39 is 5.41 Å². The molecule has 0 fully saturated rings. The van der Waals surface area contributed by atoms with E-state index in [1.807, 2.05) is 39.0 Å². The Morgan fingerprint density at radius 1 is 1.12 bits per heavy atom. The third-order valence-electron chi connectivity index (χ3n) is 3.06. The van der Waals surface area contributed by atoms with Gasteiger partial charge in [-0.2, -0.15) is 0 Å². The molecule has 2 heteroatoms. The van der Waals surface area contributed by atoms with E-state index in [0.717, 1.165) is 6.42 Å². The molecule has 0 aliphatic carbocycles. The van der Waals surface area contributed by atoms with Crippen LogP contribution in [-0.2, 0) is 4.79 Å². The maximum absolute atomic E-state index is 11.9. The first kappa shape index (κ1) is 12.6. The first-order valence-electron chi connectivity index (χ1n) is 5.59. The predicted octanol–water partition coefficient (Wildman–Crippen LogP) is 3.26.